The van der Waals surface area contributed by atoms with Crippen molar-refractivity contribution >= 4 is 5.95 Å². The number of hydrogen-bond acceptors (Lipinski definition) is 3. The highest BCUT2D eigenvalue weighted by Crippen LogP contribution is 2.24. The zero-order valence-electron chi connectivity index (χ0n) is 11.2. The van der Waals surface area contributed by atoms with Crippen LogP contribution in [0.4, 0.5) is 5.95 Å². The van der Waals surface area contributed by atoms with Crippen LogP contribution in [0.1, 0.15) is 50.4 Å². The molecule has 0 spiro atoms. The van der Waals surface area contributed by atoms with Gasteiger partial charge >= 0.3 is 0 Å². The van der Waals surface area contributed by atoms with E-state index in [0.29, 0.717) is 6.04 Å². The van der Waals surface area contributed by atoms with Crippen LogP contribution in [0.3, 0.4) is 0 Å². The first-order chi connectivity index (χ1) is 8.13. The monoisotopic (exact) mass is 233 g/mol. The Morgan fingerprint density at radius 2 is 1.76 bits per heavy atom. The second-order valence-corrected chi connectivity index (χ2v) is 5.43. The van der Waals surface area contributed by atoms with Gasteiger partial charge in [-0.15, -0.1) is 0 Å². The van der Waals surface area contributed by atoms with Crippen LogP contribution >= 0.6 is 0 Å². The first-order valence-electron chi connectivity index (χ1n) is 6.72. The summed E-state index contributed by atoms with van der Waals surface area (Å²) in [6, 6.07) is 2.57. The van der Waals surface area contributed by atoms with E-state index >= 15 is 0 Å². The molecule has 0 saturated heterocycles. The maximum absolute atomic E-state index is 4.46. The Morgan fingerprint density at radius 1 is 1.06 bits per heavy atom. The molecule has 0 radical (unpaired) electrons. The van der Waals surface area contributed by atoms with Crippen molar-refractivity contribution in [1.29, 1.82) is 0 Å². The van der Waals surface area contributed by atoms with Gasteiger partial charge in [-0.05, 0) is 45.1 Å². The average Bonchev–Trinajstić information content (AvgIpc) is 2.42. The maximum atomic E-state index is 4.46. The lowest BCUT2D eigenvalue weighted by Crippen LogP contribution is -2.20. The Labute approximate surface area is 104 Å². The minimum atomic E-state index is 0.557. The fourth-order valence-corrected chi connectivity index (χ4v) is 2.60. The van der Waals surface area contributed by atoms with Gasteiger partial charge in [0.15, 0.2) is 0 Å². The van der Waals surface area contributed by atoms with Crippen molar-refractivity contribution in [2.75, 3.05) is 5.32 Å². The van der Waals surface area contributed by atoms with Crippen LogP contribution in [-0.4, -0.2) is 16.0 Å². The van der Waals surface area contributed by atoms with E-state index < -0.39 is 0 Å². The molecule has 1 saturated carbocycles. The lowest BCUT2D eigenvalue weighted by Gasteiger charge is -2.16. The molecule has 1 aliphatic rings. The molecule has 17 heavy (non-hydrogen) atoms. The van der Waals surface area contributed by atoms with E-state index in [0.717, 1.165) is 23.3 Å². The summed E-state index contributed by atoms with van der Waals surface area (Å²) >= 11 is 0. The summed E-state index contributed by atoms with van der Waals surface area (Å²) in [5.74, 6) is 1.68. The molecule has 1 fully saturated rings. The molecular weight excluding hydrogens is 210 g/mol. The van der Waals surface area contributed by atoms with E-state index in [1.54, 1.807) is 0 Å². The number of nitrogens with zero attached hydrogens (tertiary/aromatic N) is 2. The molecule has 1 N–H and O–H groups in total. The van der Waals surface area contributed by atoms with Gasteiger partial charge in [0, 0.05) is 17.4 Å². The second kappa shape index (κ2) is 5.48. The summed E-state index contributed by atoms with van der Waals surface area (Å²) in [5.41, 5.74) is 2.09. The number of hydrogen-bond donors (Lipinski definition) is 1. The third-order valence-corrected chi connectivity index (χ3v) is 3.57. The molecule has 0 amide bonds. The normalized spacial score (nSPS) is 25.4. The van der Waals surface area contributed by atoms with Crippen LogP contribution < -0.4 is 5.32 Å². The topological polar surface area (TPSA) is 37.8 Å². The van der Waals surface area contributed by atoms with Gasteiger partial charge in [-0.3, -0.25) is 0 Å². The largest absolute Gasteiger partial charge is 0.351 e. The molecular formula is C14H23N3. The Bertz CT molecular complexity index is 355. The Hall–Kier alpha value is -1.12. The molecule has 1 aromatic rings. The second-order valence-electron chi connectivity index (χ2n) is 5.43. The fraction of sp³-hybridized carbons (Fsp3) is 0.714. The molecule has 3 nitrogen and oxygen atoms in total. The Kier molecular flexibility index (Phi) is 3.97. The number of nitrogens with one attached hydrogen (secondary N) is 1. The van der Waals surface area contributed by atoms with E-state index in [9.17, 15) is 0 Å². The standard InChI is InChI=1S/C14H23N3/c1-10-5-4-6-13(8-7-10)17-14-15-11(2)9-12(3)16-14/h9-10,13H,4-8H2,1-3H3,(H,15,16,17). The zero-order chi connectivity index (χ0) is 12.3. The van der Waals surface area contributed by atoms with Gasteiger partial charge in [0.05, 0.1) is 0 Å². The van der Waals surface area contributed by atoms with Gasteiger partial charge in [0.1, 0.15) is 0 Å². The Balaban J connectivity index is 1.99. The van der Waals surface area contributed by atoms with Crippen LogP contribution in [0.5, 0.6) is 0 Å². The lowest BCUT2D eigenvalue weighted by molar-refractivity contribution is 0.501. The van der Waals surface area contributed by atoms with Gasteiger partial charge in [-0.2, -0.15) is 0 Å². The predicted octanol–water partition coefficient (Wildman–Crippen LogP) is 3.47. The molecule has 1 aliphatic carbocycles. The lowest BCUT2D eigenvalue weighted by atomic mass is 10.0. The molecule has 1 heterocycles. The number of aromatic nitrogens is 2. The summed E-state index contributed by atoms with van der Waals surface area (Å²) < 4.78 is 0. The van der Waals surface area contributed by atoms with Crippen molar-refractivity contribution in [2.45, 2.75) is 58.9 Å². The molecule has 2 atom stereocenters. The quantitative estimate of drug-likeness (QED) is 0.795. The van der Waals surface area contributed by atoms with E-state index in [1.807, 2.05) is 19.9 Å². The highest BCUT2D eigenvalue weighted by molar-refractivity contribution is 5.29. The fourth-order valence-electron chi connectivity index (χ4n) is 2.60. The molecule has 2 rings (SSSR count). The van der Waals surface area contributed by atoms with E-state index in [1.165, 1.54) is 32.1 Å². The highest BCUT2D eigenvalue weighted by atomic mass is 15.1. The van der Waals surface area contributed by atoms with E-state index in [2.05, 4.69) is 22.2 Å². The molecule has 0 aromatic carbocycles. The van der Waals surface area contributed by atoms with Crippen molar-refractivity contribution in [3.05, 3.63) is 17.5 Å². The summed E-state index contributed by atoms with van der Waals surface area (Å²) in [7, 11) is 0. The third-order valence-electron chi connectivity index (χ3n) is 3.57. The van der Waals surface area contributed by atoms with Crippen LogP contribution in [0.25, 0.3) is 0 Å². The van der Waals surface area contributed by atoms with Crippen molar-refractivity contribution in [2.24, 2.45) is 5.92 Å². The van der Waals surface area contributed by atoms with Crippen molar-refractivity contribution < 1.29 is 0 Å². The number of anilines is 1. The average molecular weight is 233 g/mol. The number of aryl methyl sites for hydroxylation is 2. The summed E-state index contributed by atoms with van der Waals surface area (Å²) in [6.45, 7) is 6.40. The van der Waals surface area contributed by atoms with E-state index in [4.69, 9.17) is 0 Å². The van der Waals surface area contributed by atoms with Crippen molar-refractivity contribution in [3.8, 4) is 0 Å². The highest BCUT2D eigenvalue weighted by Gasteiger charge is 2.16. The van der Waals surface area contributed by atoms with Gasteiger partial charge in [0.2, 0.25) is 5.95 Å². The number of rotatable bonds is 2. The zero-order valence-corrected chi connectivity index (χ0v) is 11.2. The minimum absolute atomic E-state index is 0.557. The first-order valence-corrected chi connectivity index (χ1v) is 6.72. The molecule has 2 unspecified atom stereocenters. The third kappa shape index (κ3) is 3.69. The summed E-state index contributed by atoms with van der Waals surface area (Å²) in [4.78, 5) is 8.91. The minimum Gasteiger partial charge on any atom is -0.351 e. The van der Waals surface area contributed by atoms with Crippen LogP contribution in [0.15, 0.2) is 6.07 Å². The van der Waals surface area contributed by atoms with Gasteiger partial charge in [0.25, 0.3) is 0 Å². The van der Waals surface area contributed by atoms with Gasteiger partial charge < -0.3 is 5.32 Å². The summed E-state index contributed by atoms with van der Waals surface area (Å²) in [5, 5.41) is 3.50. The molecule has 1 aromatic heterocycles. The van der Waals surface area contributed by atoms with Crippen LogP contribution in [0, 0.1) is 19.8 Å². The SMILES string of the molecule is Cc1cc(C)nc(NC2CCCC(C)CC2)n1. The molecule has 0 aliphatic heterocycles. The smallest absolute Gasteiger partial charge is 0.223 e. The first kappa shape index (κ1) is 12.3. The van der Waals surface area contributed by atoms with Gasteiger partial charge in [-0.1, -0.05) is 19.8 Å². The van der Waals surface area contributed by atoms with Crippen molar-refractivity contribution in [3.63, 3.8) is 0 Å². The molecule has 0 bridgehead atoms. The summed E-state index contributed by atoms with van der Waals surface area (Å²) in [6.07, 6.45) is 6.51. The molecule has 3 heteroatoms. The van der Waals surface area contributed by atoms with E-state index in [-0.39, 0.29) is 0 Å². The maximum Gasteiger partial charge on any atom is 0.223 e. The Morgan fingerprint density at radius 3 is 2.47 bits per heavy atom. The van der Waals surface area contributed by atoms with Crippen LogP contribution in [0.2, 0.25) is 0 Å². The molecule has 94 valence electrons. The predicted molar refractivity (Wildman–Crippen MR) is 71.2 cm³/mol. The van der Waals surface area contributed by atoms with Crippen molar-refractivity contribution in [1.82, 2.24) is 9.97 Å². The van der Waals surface area contributed by atoms with Gasteiger partial charge in [-0.25, -0.2) is 9.97 Å². The van der Waals surface area contributed by atoms with Crippen LogP contribution in [-0.2, 0) is 0 Å².